The molecule has 1 fully saturated rings. The molecule has 3 heterocycles. The van der Waals surface area contributed by atoms with Crippen LogP contribution in [0.25, 0.3) is 11.3 Å². The van der Waals surface area contributed by atoms with Crippen LogP contribution < -0.4 is 5.73 Å². The van der Waals surface area contributed by atoms with Gasteiger partial charge < -0.3 is 10.5 Å². The normalized spacial score (nSPS) is 20.3. The van der Waals surface area contributed by atoms with Crippen LogP contribution in [0.3, 0.4) is 0 Å². The summed E-state index contributed by atoms with van der Waals surface area (Å²) in [6.07, 6.45) is 3.60. The van der Waals surface area contributed by atoms with Gasteiger partial charge in [-0.05, 0) is 61.4 Å². The molecule has 1 aromatic carbocycles. The largest absolute Gasteiger partial charge is 0.364 e. The van der Waals surface area contributed by atoms with Crippen molar-refractivity contribution < 1.29 is 4.74 Å². The molecular weight excluding hydrogens is 439 g/mol. The number of hydrogen-bond donors (Lipinski definition) is 1. The Bertz CT molecular complexity index is 968. The minimum absolute atomic E-state index is 0.184. The Morgan fingerprint density at radius 1 is 1.27 bits per heavy atom. The van der Waals surface area contributed by atoms with Gasteiger partial charge in [-0.15, -0.1) is 16.4 Å². The number of hydrogen-bond acceptors (Lipinski definition) is 5. The Morgan fingerprint density at radius 2 is 2.03 bits per heavy atom. The summed E-state index contributed by atoms with van der Waals surface area (Å²) in [5.41, 5.74) is 9.26. The number of aryl methyl sites for hydroxylation is 1. The molecule has 1 aliphatic heterocycles. The van der Waals surface area contributed by atoms with Crippen molar-refractivity contribution in [2.45, 2.75) is 38.4 Å². The molecule has 0 saturated carbocycles. The third-order valence-electron chi connectivity index (χ3n) is 5.97. The van der Waals surface area contributed by atoms with Gasteiger partial charge in [-0.25, -0.2) is 4.68 Å². The van der Waals surface area contributed by atoms with Crippen LogP contribution in [0.5, 0.6) is 0 Å². The standard InChI is InChI=1S/C22H26Cl2N4OS/c1-13(15(11-25)9-14-4-6-17(23)7-5-14)3-8-18-21(29-18)19-10-16(12-30-19)20-22(24)26-27-28(20)2/h4-7,10,12-13,15,18,21H,3,8-9,11,25H2,1-2H3/t13-,15?,18?,21?/m1/s1. The van der Waals surface area contributed by atoms with Gasteiger partial charge >= 0.3 is 0 Å². The van der Waals surface area contributed by atoms with Crippen molar-refractivity contribution in [2.24, 2.45) is 24.6 Å². The molecule has 5 nitrogen and oxygen atoms in total. The lowest BCUT2D eigenvalue weighted by atomic mass is 9.84. The molecule has 0 aliphatic carbocycles. The Morgan fingerprint density at radius 3 is 2.70 bits per heavy atom. The lowest BCUT2D eigenvalue weighted by Gasteiger charge is -2.22. The highest BCUT2D eigenvalue weighted by molar-refractivity contribution is 7.10. The van der Waals surface area contributed by atoms with E-state index in [2.05, 4.69) is 40.8 Å². The van der Waals surface area contributed by atoms with Crippen LogP contribution in [0.4, 0.5) is 0 Å². The SMILES string of the molecule is C[C@H](CCC1OC1c1cc(-c2c(Cl)nnn2C)cs1)C(CN)Cc1ccc(Cl)cc1. The lowest BCUT2D eigenvalue weighted by molar-refractivity contribution is 0.307. The summed E-state index contributed by atoms with van der Waals surface area (Å²) in [6.45, 7) is 2.98. The predicted molar refractivity (Wildman–Crippen MR) is 123 cm³/mol. The maximum Gasteiger partial charge on any atom is 0.179 e. The Hall–Kier alpha value is -1.44. The summed E-state index contributed by atoms with van der Waals surface area (Å²) in [6, 6.07) is 10.2. The van der Waals surface area contributed by atoms with Gasteiger partial charge in [0.15, 0.2) is 5.15 Å². The topological polar surface area (TPSA) is 69.3 Å². The fourth-order valence-corrected chi connectivity index (χ4v) is 5.35. The van der Waals surface area contributed by atoms with Crippen LogP contribution in [-0.2, 0) is 18.2 Å². The zero-order chi connectivity index (χ0) is 21.3. The molecule has 30 heavy (non-hydrogen) atoms. The number of epoxide rings is 1. The highest BCUT2D eigenvalue weighted by atomic mass is 35.5. The second kappa shape index (κ2) is 9.37. The molecule has 0 radical (unpaired) electrons. The van der Waals surface area contributed by atoms with Crippen molar-refractivity contribution in [3.05, 3.63) is 56.3 Å². The van der Waals surface area contributed by atoms with Crippen LogP contribution in [0.15, 0.2) is 35.7 Å². The van der Waals surface area contributed by atoms with E-state index in [4.69, 9.17) is 33.7 Å². The molecule has 3 unspecified atom stereocenters. The van der Waals surface area contributed by atoms with Crippen LogP contribution >= 0.6 is 34.5 Å². The fourth-order valence-electron chi connectivity index (χ4n) is 3.98. The zero-order valence-corrected chi connectivity index (χ0v) is 19.4. The van der Waals surface area contributed by atoms with Crippen LogP contribution in [0, 0.1) is 11.8 Å². The number of halogens is 2. The first-order valence-corrected chi connectivity index (χ1v) is 11.8. The number of nitrogens with two attached hydrogens (primary N) is 1. The van der Waals surface area contributed by atoms with Gasteiger partial charge in [0.2, 0.25) is 0 Å². The van der Waals surface area contributed by atoms with E-state index < -0.39 is 0 Å². The molecule has 4 rings (SSSR count). The van der Waals surface area contributed by atoms with Gasteiger partial charge in [0, 0.05) is 27.9 Å². The van der Waals surface area contributed by atoms with Crippen LogP contribution in [0.1, 0.15) is 36.3 Å². The van der Waals surface area contributed by atoms with Gasteiger partial charge in [0.25, 0.3) is 0 Å². The van der Waals surface area contributed by atoms with Crippen molar-refractivity contribution in [3.8, 4) is 11.3 Å². The fraction of sp³-hybridized carbons (Fsp3) is 0.455. The molecule has 2 N–H and O–H groups in total. The molecule has 160 valence electrons. The Kier molecular flexibility index (Phi) is 6.80. The summed E-state index contributed by atoms with van der Waals surface area (Å²) in [7, 11) is 1.85. The maximum absolute atomic E-state index is 6.17. The first-order chi connectivity index (χ1) is 14.5. The summed E-state index contributed by atoms with van der Waals surface area (Å²) in [5, 5.41) is 11.2. The predicted octanol–water partition coefficient (Wildman–Crippen LogP) is 5.52. The average molecular weight is 465 g/mol. The van der Waals surface area contributed by atoms with E-state index in [0.29, 0.717) is 23.5 Å². The van der Waals surface area contributed by atoms with Crippen LogP contribution in [0.2, 0.25) is 10.2 Å². The van der Waals surface area contributed by atoms with Crippen molar-refractivity contribution >= 4 is 34.5 Å². The Balaban J connectivity index is 1.30. The van der Waals surface area contributed by atoms with E-state index in [1.54, 1.807) is 16.0 Å². The van der Waals surface area contributed by atoms with Crippen molar-refractivity contribution in [1.29, 1.82) is 0 Å². The number of rotatable bonds is 9. The molecule has 1 aliphatic rings. The second-order valence-corrected chi connectivity index (χ2v) is 9.80. The molecular formula is C22H26Cl2N4OS. The molecule has 2 aromatic heterocycles. The van der Waals surface area contributed by atoms with E-state index in [9.17, 15) is 0 Å². The average Bonchev–Trinajstić information content (AvgIpc) is 3.22. The Labute approximate surface area is 191 Å². The highest BCUT2D eigenvalue weighted by Gasteiger charge is 2.41. The summed E-state index contributed by atoms with van der Waals surface area (Å²) in [5.74, 6) is 0.991. The number of thiophene rings is 1. The van der Waals surface area contributed by atoms with Gasteiger partial charge in [0.05, 0.1) is 6.10 Å². The van der Waals surface area contributed by atoms with Gasteiger partial charge in [-0.3, -0.25) is 0 Å². The molecule has 1 saturated heterocycles. The van der Waals surface area contributed by atoms with E-state index in [-0.39, 0.29) is 12.2 Å². The molecule has 0 spiro atoms. The van der Waals surface area contributed by atoms with Crippen molar-refractivity contribution in [1.82, 2.24) is 15.0 Å². The van der Waals surface area contributed by atoms with Crippen LogP contribution in [-0.4, -0.2) is 27.6 Å². The van der Waals surface area contributed by atoms with Gasteiger partial charge in [-0.1, -0.05) is 47.5 Å². The lowest BCUT2D eigenvalue weighted by Crippen LogP contribution is -2.24. The summed E-state index contributed by atoms with van der Waals surface area (Å²) < 4.78 is 7.69. The second-order valence-electron chi connectivity index (χ2n) is 8.07. The van der Waals surface area contributed by atoms with Gasteiger partial charge in [0.1, 0.15) is 11.8 Å². The van der Waals surface area contributed by atoms with E-state index in [1.165, 1.54) is 10.4 Å². The minimum Gasteiger partial charge on any atom is -0.364 e. The highest BCUT2D eigenvalue weighted by Crippen LogP contribution is 2.46. The monoisotopic (exact) mass is 464 g/mol. The van der Waals surface area contributed by atoms with E-state index in [1.807, 2.05) is 19.2 Å². The van der Waals surface area contributed by atoms with Crippen molar-refractivity contribution in [3.63, 3.8) is 0 Å². The molecule has 4 atom stereocenters. The third-order valence-corrected chi connectivity index (χ3v) is 7.47. The summed E-state index contributed by atoms with van der Waals surface area (Å²) in [4.78, 5) is 1.23. The quantitative estimate of drug-likeness (QED) is 0.422. The molecule has 0 amide bonds. The number of aromatic nitrogens is 3. The first-order valence-electron chi connectivity index (χ1n) is 10.2. The zero-order valence-electron chi connectivity index (χ0n) is 17.1. The third kappa shape index (κ3) is 4.89. The maximum atomic E-state index is 6.17. The smallest absolute Gasteiger partial charge is 0.179 e. The molecule has 8 heteroatoms. The molecule has 3 aromatic rings. The number of benzene rings is 1. The van der Waals surface area contributed by atoms with Crippen molar-refractivity contribution in [2.75, 3.05) is 6.54 Å². The van der Waals surface area contributed by atoms with E-state index in [0.717, 1.165) is 35.5 Å². The number of nitrogens with zero attached hydrogens (tertiary/aromatic N) is 3. The van der Waals surface area contributed by atoms with Gasteiger partial charge in [-0.2, -0.15) is 0 Å². The molecule has 0 bridgehead atoms. The first kappa shape index (κ1) is 21.8. The van der Waals surface area contributed by atoms with E-state index >= 15 is 0 Å². The minimum atomic E-state index is 0.184. The summed E-state index contributed by atoms with van der Waals surface area (Å²) >= 11 is 13.9. The number of ether oxygens (including phenoxy) is 1.